The van der Waals surface area contributed by atoms with E-state index in [1.807, 2.05) is 24.3 Å². The number of benzene rings is 1. The highest BCUT2D eigenvalue weighted by Gasteiger charge is 2.07. The van der Waals surface area contributed by atoms with Gasteiger partial charge in [0.25, 0.3) is 5.91 Å². The van der Waals surface area contributed by atoms with Crippen molar-refractivity contribution in [2.45, 2.75) is 13.0 Å². The molecule has 7 heteroatoms. The van der Waals surface area contributed by atoms with Gasteiger partial charge in [-0.25, -0.2) is 0 Å². The Bertz CT molecular complexity index is 617. The number of carbonyl (C=O) groups is 1. The van der Waals surface area contributed by atoms with Gasteiger partial charge in [-0.3, -0.25) is 4.79 Å². The van der Waals surface area contributed by atoms with Crippen LogP contribution in [-0.4, -0.2) is 36.4 Å². The summed E-state index contributed by atoms with van der Waals surface area (Å²) in [5.74, 6) is 0.369. The zero-order chi connectivity index (χ0) is 16.5. The molecule has 2 aromatic rings. The van der Waals surface area contributed by atoms with Gasteiger partial charge in [0.05, 0.1) is 0 Å². The summed E-state index contributed by atoms with van der Waals surface area (Å²) in [7, 11) is 1.63. The molecule has 2 N–H and O–H groups in total. The number of hydrogen-bond donors (Lipinski definition) is 2. The predicted octanol–water partition coefficient (Wildman–Crippen LogP) is 2.51. The molecule has 6 nitrogen and oxygen atoms in total. The second kappa shape index (κ2) is 9.07. The number of aromatic nitrogens is 2. The van der Waals surface area contributed by atoms with Gasteiger partial charge in [-0.05, 0) is 36.2 Å². The van der Waals surface area contributed by atoms with Crippen molar-refractivity contribution in [3.63, 3.8) is 0 Å². The van der Waals surface area contributed by atoms with Gasteiger partial charge in [0, 0.05) is 31.8 Å². The SMILES string of the molecule is COCCCNC(=O)c1ccc(NCc2ccc(Cl)cc2)nn1. The van der Waals surface area contributed by atoms with Crippen LogP contribution in [-0.2, 0) is 11.3 Å². The van der Waals surface area contributed by atoms with Crippen LogP contribution in [0.4, 0.5) is 5.82 Å². The lowest BCUT2D eigenvalue weighted by atomic mass is 10.2. The Morgan fingerprint density at radius 3 is 2.61 bits per heavy atom. The molecule has 1 aromatic heterocycles. The van der Waals surface area contributed by atoms with Crippen molar-refractivity contribution >= 4 is 23.3 Å². The number of halogens is 1. The van der Waals surface area contributed by atoms with Crippen molar-refractivity contribution in [2.75, 3.05) is 25.6 Å². The summed E-state index contributed by atoms with van der Waals surface area (Å²) in [6.45, 7) is 1.76. The van der Waals surface area contributed by atoms with Crippen molar-refractivity contribution in [1.29, 1.82) is 0 Å². The number of ether oxygens (including phenoxy) is 1. The summed E-state index contributed by atoms with van der Waals surface area (Å²) in [4.78, 5) is 11.8. The first-order chi connectivity index (χ1) is 11.2. The van der Waals surface area contributed by atoms with Gasteiger partial charge < -0.3 is 15.4 Å². The van der Waals surface area contributed by atoms with E-state index in [0.717, 1.165) is 12.0 Å². The molecule has 122 valence electrons. The van der Waals surface area contributed by atoms with Crippen LogP contribution in [0.2, 0.25) is 5.02 Å². The number of rotatable bonds is 8. The minimum atomic E-state index is -0.238. The number of hydrogen-bond acceptors (Lipinski definition) is 5. The number of nitrogens with one attached hydrogen (secondary N) is 2. The Labute approximate surface area is 140 Å². The quantitative estimate of drug-likeness (QED) is 0.725. The first-order valence-corrected chi connectivity index (χ1v) is 7.66. The predicted molar refractivity (Wildman–Crippen MR) is 89.6 cm³/mol. The molecule has 0 saturated heterocycles. The Kier molecular flexibility index (Phi) is 6.77. The molecular weight excluding hydrogens is 316 g/mol. The zero-order valence-electron chi connectivity index (χ0n) is 12.9. The highest BCUT2D eigenvalue weighted by atomic mass is 35.5. The Morgan fingerprint density at radius 2 is 1.96 bits per heavy atom. The van der Waals surface area contributed by atoms with E-state index in [4.69, 9.17) is 16.3 Å². The summed E-state index contributed by atoms with van der Waals surface area (Å²) >= 11 is 5.84. The second-order valence-corrected chi connectivity index (χ2v) is 5.32. The van der Waals surface area contributed by atoms with Gasteiger partial charge in [-0.1, -0.05) is 23.7 Å². The zero-order valence-corrected chi connectivity index (χ0v) is 13.6. The van der Waals surface area contributed by atoms with E-state index in [1.165, 1.54) is 0 Å². The molecule has 1 amide bonds. The minimum absolute atomic E-state index is 0.238. The van der Waals surface area contributed by atoms with Gasteiger partial charge in [-0.2, -0.15) is 0 Å². The molecule has 23 heavy (non-hydrogen) atoms. The lowest BCUT2D eigenvalue weighted by Gasteiger charge is -2.07. The number of methoxy groups -OCH3 is 1. The van der Waals surface area contributed by atoms with E-state index in [1.54, 1.807) is 19.2 Å². The van der Waals surface area contributed by atoms with Crippen molar-refractivity contribution < 1.29 is 9.53 Å². The maximum absolute atomic E-state index is 11.8. The highest BCUT2D eigenvalue weighted by Crippen LogP contribution is 2.11. The van der Waals surface area contributed by atoms with Gasteiger partial charge in [0.1, 0.15) is 5.82 Å². The lowest BCUT2D eigenvalue weighted by molar-refractivity contribution is 0.0942. The molecule has 2 rings (SSSR count). The molecule has 0 fully saturated rings. The third-order valence-corrected chi connectivity index (χ3v) is 3.35. The average molecular weight is 335 g/mol. The van der Waals surface area contributed by atoms with Crippen LogP contribution in [0.1, 0.15) is 22.5 Å². The Balaban J connectivity index is 1.81. The fraction of sp³-hybridized carbons (Fsp3) is 0.312. The van der Waals surface area contributed by atoms with E-state index < -0.39 is 0 Å². The van der Waals surface area contributed by atoms with Crippen molar-refractivity contribution in [1.82, 2.24) is 15.5 Å². The Morgan fingerprint density at radius 1 is 1.17 bits per heavy atom. The highest BCUT2D eigenvalue weighted by molar-refractivity contribution is 6.30. The fourth-order valence-corrected chi connectivity index (χ4v) is 1.98. The Hall–Kier alpha value is -2.18. The standard InChI is InChI=1S/C16H19ClN4O2/c1-23-10-2-9-18-16(22)14-7-8-15(21-20-14)19-11-12-3-5-13(17)6-4-12/h3-8H,2,9-11H2,1H3,(H,18,22)(H,19,21). The van der Waals surface area contributed by atoms with Crippen LogP contribution in [0.5, 0.6) is 0 Å². The monoisotopic (exact) mass is 334 g/mol. The van der Waals surface area contributed by atoms with Crippen molar-refractivity contribution in [2.24, 2.45) is 0 Å². The average Bonchev–Trinajstić information content (AvgIpc) is 2.58. The molecule has 1 aromatic carbocycles. The van der Waals surface area contributed by atoms with E-state index in [2.05, 4.69) is 20.8 Å². The maximum atomic E-state index is 11.8. The molecule has 0 bridgehead atoms. The van der Waals surface area contributed by atoms with Gasteiger partial charge >= 0.3 is 0 Å². The molecule has 1 heterocycles. The lowest BCUT2D eigenvalue weighted by Crippen LogP contribution is -2.26. The van der Waals surface area contributed by atoms with Crippen LogP contribution in [0.25, 0.3) is 0 Å². The molecule has 0 aliphatic rings. The van der Waals surface area contributed by atoms with Gasteiger partial charge in [-0.15, -0.1) is 10.2 Å². The van der Waals surface area contributed by atoms with Crippen LogP contribution >= 0.6 is 11.6 Å². The smallest absolute Gasteiger partial charge is 0.271 e. The molecule has 0 atom stereocenters. The molecule has 0 aliphatic heterocycles. The molecule has 0 unspecified atom stereocenters. The van der Waals surface area contributed by atoms with E-state index in [9.17, 15) is 4.79 Å². The minimum Gasteiger partial charge on any atom is -0.385 e. The van der Waals surface area contributed by atoms with Crippen LogP contribution < -0.4 is 10.6 Å². The number of carbonyl (C=O) groups excluding carboxylic acids is 1. The summed E-state index contributed by atoms with van der Waals surface area (Å²) in [5.41, 5.74) is 1.37. The normalized spacial score (nSPS) is 10.3. The van der Waals surface area contributed by atoms with Gasteiger partial charge in [0.2, 0.25) is 0 Å². The third kappa shape index (κ3) is 5.84. The summed E-state index contributed by atoms with van der Waals surface area (Å²) in [6.07, 6.45) is 0.760. The summed E-state index contributed by atoms with van der Waals surface area (Å²) < 4.78 is 4.92. The van der Waals surface area contributed by atoms with Crippen LogP contribution in [0, 0.1) is 0 Å². The van der Waals surface area contributed by atoms with E-state index in [-0.39, 0.29) is 5.91 Å². The van der Waals surface area contributed by atoms with E-state index >= 15 is 0 Å². The first-order valence-electron chi connectivity index (χ1n) is 7.28. The van der Waals surface area contributed by atoms with Crippen molar-refractivity contribution in [3.8, 4) is 0 Å². The molecular formula is C16H19ClN4O2. The first kappa shape index (κ1) is 17.2. The molecule has 0 saturated carbocycles. The molecule has 0 radical (unpaired) electrons. The third-order valence-electron chi connectivity index (χ3n) is 3.09. The van der Waals surface area contributed by atoms with Crippen LogP contribution in [0.3, 0.4) is 0 Å². The second-order valence-electron chi connectivity index (χ2n) is 4.89. The van der Waals surface area contributed by atoms with Crippen LogP contribution in [0.15, 0.2) is 36.4 Å². The molecule has 0 aliphatic carbocycles. The number of amides is 1. The topological polar surface area (TPSA) is 76.1 Å². The number of nitrogens with zero attached hydrogens (tertiary/aromatic N) is 2. The van der Waals surface area contributed by atoms with Crippen molar-refractivity contribution in [3.05, 3.63) is 52.7 Å². The summed E-state index contributed by atoms with van der Waals surface area (Å²) in [6, 6.07) is 10.9. The fourth-order valence-electron chi connectivity index (χ4n) is 1.85. The number of anilines is 1. The summed E-state index contributed by atoms with van der Waals surface area (Å²) in [5, 5.41) is 14.5. The van der Waals surface area contributed by atoms with Gasteiger partial charge in [0.15, 0.2) is 5.69 Å². The molecule has 0 spiro atoms. The van der Waals surface area contributed by atoms with E-state index in [0.29, 0.717) is 36.2 Å². The maximum Gasteiger partial charge on any atom is 0.271 e. The largest absolute Gasteiger partial charge is 0.385 e.